The number of aliphatic hydroxyl groups excluding tert-OH is 1. The lowest BCUT2D eigenvalue weighted by atomic mass is 9.98. The first-order valence-corrected chi connectivity index (χ1v) is 10.9. The van der Waals surface area contributed by atoms with E-state index in [1.165, 1.54) is 12.3 Å². The Labute approximate surface area is 194 Å². The average molecular weight is 462 g/mol. The van der Waals surface area contributed by atoms with Crippen LogP contribution >= 0.6 is 0 Å². The predicted octanol–water partition coefficient (Wildman–Crippen LogP) is 3.30. The highest BCUT2D eigenvalue weighted by atomic mass is 16.5. The molecule has 2 aliphatic rings. The van der Waals surface area contributed by atoms with Crippen LogP contribution in [0.5, 0.6) is 0 Å². The SMILES string of the molecule is O=C(Nc1ccoc1C(=O)N1CC(O)C[C@H]1C(=O)O)OCC1c2ccccc2-c2ccccc21. The third-order valence-electron chi connectivity index (χ3n) is 6.26. The number of anilines is 1. The Morgan fingerprint density at radius 2 is 1.68 bits per heavy atom. The molecule has 0 radical (unpaired) electrons. The number of carboxylic acid groups (broad SMARTS) is 1. The van der Waals surface area contributed by atoms with Gasteiger partial charge in [0, 0.05) is 24.9 Å². The van der Waals surface area contributed by atoms with Crippen molar-refractivity contribution in [1.82, 2.24) is 4.90 Å². The Kier molecular flexibility index (Phi) is 5.54. The molecule has 0 saturated carbocycles. The van der Waals surface area contributed by atoms with E-state index in [2.05, 4.69) is 5.32 Å². The van der Waals surface area contributed by atoms with Crippen LogP contribution in [0.1, 0.15) is 34.0 Å². The van der Waals surface area contributed by atoms with Crippen molar-refractivity contribution in [2.75, 3.05) is 18.5 Å². The van der Waals surface area contributed by atoms with Gasteiger partial charge in [-0.05, 0) is 22.3 Å². The predicted molar refractivity (Wildman–Crippen MR) is 120 cm³/mol. The Morgan fingerprint density at radius 3 is 2.32 bits per heavy atom. The van der Waals surface area contributed by atoms with Crippen molar-refractivity contribution in [3.8, 4) is 11.1 Å². The lowest BCUT2D eigenvalue weighted by molar-refractivity contribution is -0.141. The van der Waals surface area contributed by atoms with Crippen molar-refractivity contribution >= 4 is 23.7 Å². The molecule has 2 amide bonds. The number of hydrogen-bond donors (Lipinski definition) is 3. The third-order valence-corrected chi connectivity index (χ3v) is 6.26. The first-order valence-electron chi connectivity index (χ1n) is 10.9. The number of benzene rings is 2. The molecule has 1 aliphatic heterocycles. The zero-order valence-electron chi connectivity index (χ0n) is 18.0. The first-order chi connectivity index (χ1) is 16.4. The number of aliphatic hydroxyl groups is 1. The third kappa shape index (κ3) is 3.80. The van der Waals surface area contributed by atoms with Crippen LogP contribution < -0.4 is 5.32 Å². The van der Waals surface area contributed by atoms with E-state index in [0.717, 1.165) is 27.2 Å². The fourth-order valence-corrected chi connectivity index (χ4v) is 4.72. The molecule has 3 N–H and O–H groups in total. The van der Waals surface area contributed by atoms with Gasteiger partial charge in [-0.3, -0.25) is 10.1 Å². The normalized spacial score (nSPS) is 18.9. The number of nitrogens with zero attached hydrogens (tertiary/aromatic N) is 1. The Morgan fingerprint density at radius 1 is 1.03 bits per heavy atom. The topological polar surface area (TPSA) is 129 Å². The molecular weight excluding hydrogens is 440 g/mol. The molecule has 5 rings (SSSR count). The number of hydrogen-bond acceptors (Lipinski definition) is 6. The number of β-amino-alcohol motifs (C(OH)–C–C–N with tert-alkyl or cyclic N) is 1. The van der Waals surface area contributed by atoms with E-state index in [4.69, 9.17) is 9.15 Å². The van der Waals surface area contributed by atoms with E-state index >= 15 is 0 Å². The summed E-state index contributed by atoms with van der Waals surface area (Å²) in [6.07, 6.45) is -0.571. The molecule has 1 fully saturated rings. The van der Waals surface area contributed by atoms with E-state index in [9.17, 15) is 24.6 Å². The van der Waals surface area contributed by atoms with E-state index in [1.807, 2.05) is 48.5 Å². The van der Waals surface area contributed by atoms with Gasteiger partial charge in [-0.15, -0.1) is 0 Å². The number of ether oxygens (including phenoxy) is 1. The molecule has 2 aromatic carbocycles. The molecule has 1 aliphatic carbocycles. The fraction of sp³-hybridized carbons (Fsp3) is 0.240. The lowest BCUT2D eigenvalue weighted by Crippen LogP contribution is -2.40. The van der Waals surface area contributed by atoms with Gasteiger partial charge < -0.3 is 24.3 Å². The minimum Gasteiger partial charge on any atom is -0.480 e. The van der Waals surface area contributed by atoms with Gasteiger partial charge in [-0.1, -0.05) is 48.5 Å². The quantitative estimate of drug-likeness (QED) is 0.530. The van der Waals surface area contributed by atoms with Gasteiger partial charge in [0.05, 0.1) is 18.1 Å². The van der Waals surface area contributed by atoms with Gasteiger partial charge in [0.15, 0.2) is 0 Å². The van der Waals surface area contributed by atoms with Crippen LogP contribution in [0.3, 0.4) is 0 Å². The average Bonchev–Trinajstić information content (AvgIpc) is 3.53. The molecule has 3 aromatic rings. The van der Waals surface area contributed by atoms with E-state index in [1.54, 1.807) is 0 Å². The lowest BCUT2D eigenvalue weighted by Gasteiger charge is -2.20. The van der Waals surface area contributed by atoms with Crippen LogP contribution in [-0.2, 0) is 9.53 Å². The van der Waals surface area contributed by atoms with Crippen LogP contribution in [0, 0.1) is 0 Å². The highest BCUT2D eigenvalue weighted by molar-refractivity contribution is 6.02. The summed E-state index contributed by atoms with van der Waals surface area (Å²) in [5.41, 5.74) is 4.42. The van der Waals surface area contributed by atoms with Gasteiger partial charge in [-0.2, -0.15) is 0 Å². The second-order valence-corrected chi connectivity index (χ2v) is 8.32. The number of furan rings is 1. The molecule has 1 saturated heterocycles. The zero-order chi connectivity index (χ0) is 23.8. The number of fused-ring (bicyclic) bond motifs is 3. The Bertz CT molecular complexity index is 1220. The fourth-order valence-electron chi connectivity index (χ4n) is 4.72. The number of aliphatic carboxylic acids is 1. The zero-order valence-corrected chi connectivity index (χ0v) is 18.0. The summed E-state index contributed by atoms with van der Waals surface area (Å²) < 4.78 is 10.7. The van der Waals surface area contributed by atoms with Crippen molar-refractivity contribution in [1.29, 1.82) is 0 Å². The van der Waals surface area contributed by atoms with Crippen molar-refractivity contribution in [2.24, 2.45) is 0 Å². The van der Waals surface area contributed by atoms with Gasteiger partial charge in [0.25, 0.3) is 5.91 Å². The summed E-state index contributed by atoms with van der Waals surface area (Å²) in [5, 5.41) is 21.7. The molecule has 34 heavy (non-hydrogen) atoms. The van der Waals surface area contributed by atoms with E-state index < -0.39 is 30.1 Å². The molecule has 9 nitrogen and oxygen atoms in total. The molecule has 174 valence electrons. The van der Waals surface area contributed by atoms with E-state index in [-0.39, 0.29) is 36.9 Å². The summed E-state index contributed by atoms with van der Waals surface area (Å²) in [6, 6.07) is 16.1. The standard InChI is InChI=1S/C25H22N2O7/c28-14-11-21(24(30)31)27(12-14)23(29)22-20(9-10-33-22)26-25(32)34-13-19-17-7-3-1-5-15(17)16-6-2-4-8-18(16)19/h1-10,14,19,21,28H,11-13H2,(H,26,32)(H,30,31)/t14?,21-/m0/s1. The number of amides is 2. The van der Waals surface area contributed by atoms with Crippen LogP contribution in [0.25, 0.3) is 11.1 Å². The maximum atomic E-state index is 12.9. The van der Waals surface area contributed by atoms with Crippen LogP contribution in [-0.4, -0.2) is 58.4 Å². The summed E-state index contributed by atoms with van der Waals surface area (Å²) in [4.78, 5) is 37.9. The smallest absolute Gasteiger partial charge is 0.411 e. The van der Waals surface area contributed by atoms with Gasteiger partial charge in [-0.25, -0.2) is 9.59 Å². The minimum absolute atomic E-state index is 0.0627. The Hall–Kier alpha value is -4.11. The second kappa shape index (κ2) is 8.68. The number of carbonyl (C=O) groups excluding carboxylic acids is 2. The van der Waals surface area contributed by atoms with Crippen molar-refractivity contribution < 1.29 is 33.8 Å². The van der Waals surface area contributed by atoms with Crippen LogP contribution in [0.2, 0.25) is 0 Å². The van der Waals surface area contributed by atoms with Gasteiger partial charge in [0.1, 0.15) is 12.6 Å². The molecular formula is C25H22N2O7. The van der Waals surface area contributed by atoms with Crippen molar-refractivity contribution in [3.63, 3.8) is 0 Å². The number of carboxylic acids is 1. The molecule has 0 bridgehead atoms. The number of likely N-dealkylation sites (tertiary alicyclic amines) is 1. The summed E-state index contributed by atoms with van der Waals surface area (Å²) in [5.74, 6) is -2.30. The van der Waals surface area contributed by atoms with Crippen LogP contribution in [0.15, 0.2) is 65.3 Å². The summed E-state index contributed by atoms with van der Waals surface area (Å²) >= 11 is 0. The van der Waals surface area contributed by atoms with Crippen molar-refractivity contribution in [2.45, 2.75) is 24.5 Å². The summed E-state index contributed by atoms with van der Waals surface area (Å²) in [6.45, 7) is -0.0404. The number of rotatable bonds is 5. The van der Waals surface area contributed by atoms with E-state index in [0.29, 0.717) is 0 Å². The number of carbonyl (C=O) groups is 3. The second-order valence-electron chi connectivity index (χ2n) is 8.32. The van der Waals surface area contributed by atoms with Gasteiger partial charge in [0.2, 0.25) is 5.76 Å². The van der Waals surface area contributed by atoms with Gasteiger partial charge >= 0.3 is 12.1 Å². The summed E-state index contributed by atoms with van der Waals surface area (Å²) in [7, 11) is 0. The van der Waals surface area contributed by atoms with Crippen LogP contribution in [0.4, 0.5) is 10.5 Å². The number of nitrogens with one attached hydrogen (secondary N) is 1. The van der Waals surface area contributed by atoms with Crippen molar-refractivity contribution in [3.05, 3.63) is 77.7 Å². The first kappa shape index (κ1) is 21.7. The Balaban J connectivity index is 1.28. The highest BCUT2D eigenvalue weighted by Gasteiger charge is 2.41. The molecule has 2 atom stereocenters. The highest BCUT2D eigenvalue weighted by Crippen LogP contribution is 2.44. The molecule has 1 unspecified atom stereocenters. The molecule has 9 heteroatoms. The maximum Gasteiger partial charge on any atom is 0.411 e. The molecule has 1 aromatic heterocycles. The maximum absolute atomic E-state index is 12.9. The largest absolute Gasteiger partial charge is 0.480 e. The molecule has 0 spiro atoms. The molecule has 2 heterocycles. The minimum atomic E-state index is -1.22. The monoisotopic (exact) mass is 462 g/mol.